The van der Waals surface area contributed by atoms with E-state index in [1.807, 2.05) is 0 Å². The molecule has 0 aliphatic heterocycles. The van der Waals surface area contributed by atoms with Crippen molar-refractivity contribution < 1.29 is 32.6 Å². The van der Waals surface area contributed by atoms with Crippen molar-refractivity contribution in [2.24, 2.45) is 0 Å². The maximum absolute atomic E-state index is 14.1. The summed E-state index contributed by atoms with van der Waals surface area (Å²) in [5.74, 6) is -3.36. The van der Waals surface area contributed by atoms with Gasteiger partial charge in [-0.1, -0.05) is 25.3 Å². The van der Waals surface area contributed by atoms with E-state index in [4.69, 9.17) is 9.47 Å². The molecule has 0 amide bonds. The molecule has 0 aliphatic carbocycles. The summed E-state index contributed by atoms with van der Waals surface area (Å²) in [6, 6.07) is 7.81. The van der Waals surface area contributed by atoms with E-state index in [1.165, 1.54) is 24.3 Å². The summed E-state index contributed by atoms with van der Waals surface area (Å²) < 4.78 is 42.4. The number of carbonyl (C=O) groups is 2. The summed E-state index contributed by atoms with van der Waals surface area (Å²) >= 11 is 0. The maximum Gasteiger partial charge on any atom is 0.335 e. The van der Waals surface area contributed by atoms with Crippen molar-refractivity contribution in [3.8, 4) is 22.6 Å². The zero-order valence-electron chi connectivity index (χ0n) is 14.0. The van der Waals surface area contributed by atoms with Gasteiger partial charge in [-0.2, -0.15) is 0 Å². The van der Waals surface area contributed by atoms with Crippen molar-refractivity contribution in [3.05, 3.63) is 85.9 Å². The van der Waals surface area contributed by atoms with Crippen LogP contribution in [0, 0.1) is 11.6 Å². The molecule has 2 aromatic rings. The second kappa shape index (κ2) is 9.10. The van der Waals surface area contributed by atoms with Crippen LogP contribution in [0.3, 0.4) is 0 Å². The highest BCUT2D eigenvalue weighted by atomic mass is 19.1. The molecule has 0 unspecified atom stereocenters. The maximum atomic E-state index is 14.1. The van der Waals surface area contributed by atoms with E-state index < -0.39 is 23.6 Å². The Morgan fingerprint density at radius 2 is 1.37 bits per heavy atom. The van der Waals surface area contributed by atoms with Crippen LogP contribution in [-0.2, 0) is 14.3 Å². The van der Waals surface area contributed by atoms with E-state index in [0.717, 1.165) is 36.8 Å². The van der Waals surface area contributed by atoms with Crippen LogP contribution < -0.4 is 9.47 Å². The highest BCUT2D eigenvalue weighted by Gasteiger charge is 2.11. The van der Waals surface area contributed by atoms with E-state index >= 15 is 0 Å². The van der Waals surface area contributed by atoms with Gasteiger partial charge in [0.15, 0.2) is 23.1 Å². The molecule has 0 aliphatic rings. The Labute approximate surface area is 153 Å². The van der Waals surface area contributed by atoms with Gasteiger partial charge in [0.2, 0.25) is 0 Å². The number of benzene rings is 2. The molecule has 2 aromatic carbocycles. The number of ether oxygens (including phenoxy) is 3. The minimum Gasteiger partial charge on any atom is -0.459 e. The molecule has 0 radical (unpaired) electrons. The van der Waals surface area contributed by atoms with Crippen molar-refractivity contribution in [2.45, 2.75) is 0 Å². The van der Waals surface area contributed by atoms with Crippen molar-refractivity contribution >= 4 is 11.9 Å². The Balaban J connectivity index is 2.13. The van der Waals surface area contributed by atoms with Gasteiger partial charge in [-0.25, -0.2) is 18.4 Å². The summed E-state index contributed by atoms with van der Waals surface area (Å²) in [4.78, 5) is 22.0. The predicted octanol–water partition coefficient (Wildman–Crippen LogP) is 4.30. The molecule has 7 heteroatoms. The second-order valence-electron chi connectivity index (χ2n) is 4.95. The van der Waals surface area contributed by atoms with Crippen molar-refractivity contribution in [3.63, 3.8) is 0 Å². The van der Waals surface area contributed by atoms with Gasteiger partial charge in [0.1, 0.15) is 12.5 Å². The van der Waals surface area contributed by atoms with Gasteiger partial charge in [0.05, 0.1) is 0 Å². The molecule has 0 atom stereocenters. The number of hydrogen-bond donors (Lipinski definition) is 0. The van der Waals surface area contributed by atoms with Crippen LogP contribution in [0.5, 0.6) is 11.5 Å². The first-order chi connectivity index (χ1) is 12.9. The first-order valence-electron chi connectivity index (χ1n) is 7.53. The quantitative estimate of drug-likeness (QED) is 0.314. The fourth-order valence-electron chi connectivity index (χ4n) is 1.93. The van der Waals surface area contributed by atoms with Crippen LogP contribution in [0.1, 0.15) is 0 Å². The Morgan fingerprint density at radius 3 is 1.89 bits per heavy atom. The summed E-state index contributed by atoms with van der Waals surface area (Å²) in [7, 11) is 0. The lowest BCUT2D eigenvalue weighted by Crippen LogP contribution is -2.04. The fraction of sp³-hybridized carbons (Fsp3) is 0. The molecular weight excluding hydrogens is 358 g/mol. The SMILES string of the molecule is C=CC(=O)OC=COc1ccc(-c2ccc(OC(=O)C=C)c(F)c2)cc1F. The molecule has 0 bridgehead atoms. The highest BCUT2D eigenvalue weighted by molar-refractivity contribution is 5.83. The van der Waals surface area contributed by atoms with Crippen LogP contribution >= 0.6 is 0 Å². The summed E-state index contributed by atoms with van der Waals surface area (Å²) in [5, 5.41) is 0. The van der Waals surface area contributed by atoms with Gasteiger partial charge in [-0.05, 0) is 35.4 Å². The number of hydrogen-bond acceptors (Lipinski definition) is 5. The Hall–Kier alpha value is -3.74. The number of carbonyl (C=O) groups excluding carboxylic acids is 2. The van der Waals surface area contributed by atoms with Gasteiger partial charge < -0.3 is 14.2 Å². The van der Waals surface area contributed by atoms with Gasteiger partial charge in [0, 0.05) is 12.2 Å². The summed E-state index contributed by atoms with van der Waals surface area (Å²) in [6.07, 6.45) is 3.80. The highest BCUT2D eigenvalue weighted by Crippen LogP contribution is 2.29. The van der Waals surface area contributed by atoms with Crippen LogP contribution in [-0.4, -0.2) is 11.9 Å². The van der Waals surface area contributed by atoms with Crippen LogP contribution in [0.15, 0.2) is 74.2 Å². The largest absolute Gasteiger partial charge is 0.459 e. The first kappa shape index (κ1) is 19.6. The number of rotatable bonds is 7. The van der Waals surface area contributed by atoms with E-state index in [0.29, 0.717) is 11.1 Å². The smallest absolute Gasteiger partial charge is 0.335 e. The third-order valence-corrected chi connectivity index (χ3v) is 3.18. The van der Waals surface area contributed by atoms with E-state index in [1.54, 1.807) is 0 Å². The van der Waals surface area contributed by atoms with Gasteiger partial charge in [-0.15, -0.1) is 0 Å². The Kier molecular flexibility index (Phi) is 6.60. The lowest BCUT2D eigenvalue weighted by molar-refractivity contribution is -0.132. The molecule has 0 aromatic heterocycles. The topological polar surface area (TPSA) is 61.8 Å². The molecule has 0 fully saturated rings. The zero-order chi connectivity index (χ0) is 19.8. The molecule has 0 heterocycles. The second-order valence-corrected chi connectivity index (χ2v) is 4.95. The standard InChI is InChI=1S/C20H14F2O5/c1-3-19(23)26-10-9-25-17-7-5-13(11-15(17)21)14-6-8-18(16(22)12-14)27-20(24)4-2/h3-12H,1-2H2. The molecule has 0 saturated heterocycles. The van der Waals surface area contributed by atoms with Gasteiger partial charge in [-0.3, -0.25) is 0 Å². The molecule has 2 rings (SSSR count). The number of halogens is 2. The van der Waals surface area contributed by atoms with E-state index in [2.05, 4.69) is 17.9 Å². The third-order valence-electron chi connectivity index (χ3n) is 3.18. The third kappa shape index (κ3) is 5.37. The average Bonchev–Trinajstić information content (AvgIpc) is 2.67. The minimum atomic E-state index is -0.791. The van der Waals surface area contributed by atoms with Crippen molar-refractivity contribution in [2.75, 3.05) is 0 Å². The fourth-order valence-corrected chi connectivity index (χ4v) is 1.93. The molecule has 0 N–H and O–H groups in total. The Morgan fingerprint density at radius 1 is 0.815 bits per heavy atom. The Bertz CT molecular complexity index is 919. The number of esters is 2. The van der Waals surface area contributed by atoms with Gasteiger partial charge >= 0.3 is 11.9 Å². The van der Waals surface area contributed by atoms with E-state index in [9.17, 15) is 18.4 Å². The first-order valence-corrected chi connectivity index (χ1v) is 7.53. The van der Waals surface area contributed by atoms with Crippen molar-refractivity contribution in [1.82, 2.24) is 0 Å². The normalized spacial score (nSPS) is 10.3. The van der Waals surface area contributed by atoms with Crippen LogP contribution in [0.4, 0.5) is 8.78 Å². The molecule has 27 heavy (non-hydrogen) atoms. The lowest BCUT2D eigenvalue weighted by Gasteiger charge is -2.08. The molecule has 5 nitrogen and oxygen atoms in total. The monoisotopic (exact) mass is 372 g/mol. The minimum absolute atomic E-state index is 0.123. The van der Waals surface area contributed by atoms with Crippen LogP contribution in [0.25, 0.3) is 11.1 Å². The molecule has 0 saturated carbocycles. The van der Waals surface area contributed by atoms with Crippen molar-refractivity contribution in [1.29, 1.82) is 0 Å². The average molecular weight is 372 g/mol. The lowest BCUT2D eigenvalue weighted by atomic mass is 10.0. The van der Waals surface area contributed by atoms with Gasteiger partial charge in [0.25, 0.3) is 0 Å². The van der Waals surface area contributed by atoms with E-state index in [-0.39, 0.29) is 11.5 Å². The predicted molar refractivity (Wildman–Crippen MR) is 93.7 cm³/mol. The summed E-state index contributed by atoms with van der Waals surface area (Å²) in [6.45, 7) is 6.44. The summed E-state index contributed by atoms with van der Waals surface area (Å²) in [5.41, 5.74) is 0.745. The van der Waals surface area contributed by atoms with Crippen LogP contribution in [0.2, 0.25) is 0 Å². The molecule has 138 valence electrons. The zero-order valence-corrected chi connectivity index (χ0v) is 14.0. The molecular formula is C20H14F2O5. The molecule has 0 spiro atoms.